The molecule has 0 radical (unpaired) electrons. The standard InChI is InChI=1S/C15H22F2N2O3/c1-9-5-6-10(7-12(9)21-13(16)17)11(18)8-19-14(20)22-15(2,3)4/h5-7,11,13H,8,18H2,1-4H3,(H,19,20). The van der Waals surface area contributed by atoms with Gasteiger partial charge in [0.25, 0.3) is 0 Å². The van der Waals surface area contributed by atoms with Crippen molar-refractivity contribution in [3.8, 4) is 5.75 Å². The predicted octanol–water partition coefficient (Wildman–Crippen LogP) is 3.12. The van der Waals surface area contributed by atoms with E-state index in [1.54, 1.807) is 39.8 Å². The highest BCUT2D eigenvalue weighted by Crippen LogP contribution is 2.24. The number of halogens is 2. The summed E-state index contributed by atoms with van der Waals surface area (Å²) in [5.41, 5.74) is 6.50. The number of aryl methyl sites for hydroxylation is 1. The van der Waals surface area contributed by atoms with Crippen LogP contribution < -0.4 is 15.8 Å². The van der Waals surface area contributed by atoms with Gasteiger partial charge in [-0.25, -0.2) is 4.79 Å². The molecule has 3 N–H and O–H groups in total. The summed E-state index contributed by atoms with van der Waals surface area (Å²) in [4.78, 5) is 11.5. The van der Waals surface area contributed by atoms with Crippen molar-refractivity contribution in [2.24, 2.45) is 5.73 Å². The Bertz CT molecular complexity index is 516. The molecular formula is C15H22F2N2O3. The first kappa shape index (κ1) is 18.2. The van der Waals surface area contributed by atoms with Crippen molar-refractivity contribution < 1.29 is 23.0 Å². The Labute approximate surface area is 128 Å². The van der Waals surface area contributed by atoms with Crippen LogP contribution in [0.4, 0.5) is 13.6 Å². The largest absolute Gasteiger partial charge is 0.444 e. The number of hydrogen-bond donors (Lipinski definition) is 2. The van der Waals surface area contributed by atoms with E-state index in [1.165, 1.54) is 6.07 Å². The van der Waals surface area contributed by atoms with Gasteiger partial charge in [0, 0.05) is 12.6 Å². The molecule has 124 valence electrons. The van der Waals surface area contributed by atoms with E-state index in [-0.39, 0.29) is 12.3 Å². The van der Waals surface area contributed by atoms with Crippen LogP contribution in [-0.2, 0) is 4.74 Å². The highest BCUT2D eigenvalue weighted by atomic mass is 19.3. The van der Waals surface area contributed by atoms with Crippen LogP contribution in [0.3, 0.4) is 0 Å². The Morgan fingerprint density at radius 2 is 2.00 bits per heavy atom. The topological polar surface area (TPSA) is 73.6 Å². The normalized spacial score (nSPS) is 12.9. The number of nitrogens with two attached hydrogens (primary N) is 1. The van der Waals surface area contributed by atoms with Gasteiger partial charge in [0.15, 0.2) is 0 Å². The molecule has 7 heteroatoms. The van der Waals surface area contributed by atoms with Crippen molar-refractivity contribution in [2.75, 3.05) is 6.54 Å². The number of amides is 1. The zero-order valence-electron chi connectivity index (χ0n) is 13.2. The number of carbonyl (C=O) groups is 1. The van der Waals surface area contributed by atoms with Crippen molar-refractivity contribution >= 4 is 6.09 Å². The van der Waals surface area contributed by atoms with Crippen LogP contribution >= 0.6 is 0 Å². The quantitative estimate of drug-likeness (QED) is 0.875. The SMILES string of the molecule is Cc1ccc(C(N)CNC(=O)OC(C)(C)C)cc1OC(F)F. The van der Waals surface area contributed by atoms with Crippen LogP contribution in [0, 0.1) is 6.92 Å². The monoisotopic (exact) mass is 316 g/mol. The van der Waals surface area contributed by atoms with Crippen LogP contribution in [0.5, 0.6) is 5.75 Å². The van der Waals surface area contributed by atoms with Crippen molar-refractivity contribution in [3.05, 3.63) is 29.3 Å². The Kier molecular flexibility index (Phi) is 6.11. The van der Waals surface area contributed by atoms with E-state index in [1.807, 2.05) is 0 Å². The zero-order chi connectivity index (χ0) is 16.9. The summed E-state index contributed by atoms with van der Waals surface area (Å²) in [6.07, 6.45) is -0.584. The zero-order valence-corrected chi connectivity index (χ0v) is 13.2. The summed E-state index contributed by atoms with van der Waals surface area (Å²) in [5, 5.41) is 2.54. The number of ether oxygens (including phenoxy) is 2. The first-order valence-electron chi connectivity index (χ1n) is 6.86. The number of benzene rings is 1. The average Bonchev–Trinajstić information content (AvgIpc) is 2.36. The van der Waals surface area contributed by atoms with Gasteiger partial charge >= 0.3 is 12.7 Å². The average molecular weight is 316 g/mol. The number of rotatable bonds is 5. The molecule has 0 spiro atoms. The Morgan fingerprint density at radius 1 is 1.36 bits per heavy atom. The van der Waals surface area contributed by atoms with Crippen molar-refractivity contribution in [1.82, 2.24) is 5.32 Å². The third kappa shape index (κ3) is 6.26. The maximum atomic E-state index is 12.3. The molecule has 0 saturated heterocycles. The molecule has 0 bridgehead atoms. The lowest BCUT2D eigenvalue weighted by atomic mass is 10.0. The molecule has 0 saturated carbocycles. The fraction of sp³-hybridized carbons (Fsp3) is 0.533. The van der Waals surface area contributed by atoms with Gasteiger partial charge in [-0.3, -0.25) is 0 Å². The van der Waals surface area contributed by atoms with E-state index < -0.39 is 24.3 Å². The smallest absolute Gasteiger partial charge is 0.407 e. The van der Waals surface area contributed by atoms with E-state index in [0.29, 0.717) is 11.1 Å². The summed E-state index contributed by atoms with van der Waals surface area (Å²) in [7, 11) is 0. The minimum Gasteiger partial charge on any atom is -0.444 e. The lowest BCUT2D eigenvalue weighted by molar-refractivity contribution is -0.0503. The van der Waals surface area contributed by atoms with Crippen molar-refractivity contribution in [2.45, 2.75) is 45.9 Å². The minimum absolute atomic E-state index is 0.0696. The number of alkyl carbamates (subject to hydrolysis) is 1. The second kappa shape index (κ2) is 7.40. The Hall–Kier alpha value is -1.89. The molecule has 1 amide bonds. The maximum Gasteiger partial charge on any atom is 0.407 e. The molecule has 0 aliphatic carbocycles. The molecule has 0 heterocycles. The molecule has 1 aromatic carbocycles. The van der Waals surface area contributed by atoms with Crippen LogP contribution in [0.25, 0.3) is 0 Å². The van der Waals surface area contributed by atoms with Crippen LogP contribution in [-0.4, -0.2) is 24.9 Å². The molecule has 5 nitrogen and oxygen atoms in total. The van der Waals surface area contributed by atoms with E-state index in [2.05, 4.69) is 10.1 Å². The van der Waals surface area contributed by atoms with Crippen LogP contribution in [0.2, 0.25) is 0 Å². The Balaban J connectivity index is 2.66. The van der Waals surface area contributed by atoms with Gasteiger partial charge in [-0.05, 0) is 44.9 Å². The van der Waals surface area contributed by atoms with Crippen molar-refractivity contribution in [1.29, 1.82) is 0 Å². The molecule has 0 aliphatic rings. The van der Waals surface area contributed by atoms with Gasteiger partial charge in [-0.15, -0.1) is 0 Å². The summed E-state index contributed by atoms with van der Waals surface area (Å²) in [6.45, 7) is 4.13. The highest BCUT2D eigenvalue weighted by molar-refractivity contribution is 5.67. The first-order chi connectivity index (χ1) is 10.1. The first-order valence-corrected chi connectivity index (χ1v) is 6.86. The maximum absolute atomic E-state index is 12.3. The molecule has 1 aromatic rings. The second-order valence-electron chi connectivity index (χ2n) is 5.89. The van der Waals surface area contributed by atoms with E-state index >= 15 is 0 Å². The van der Waals surface area contributed by atoms with Crippen LogP contribution in [0.15, 0.2) is 18.2 Å². The van der Waals surface area contributed by atoms with Gasteiger partial charge in [0.05, 0.1) is 0 Å². The highest BCUT2D eigenvalue weighted by Gasteiger charge is 2.17. The number of alkyl halides is 2. The van der Waals surface area contributed by atoms with Gasteiger partial charge in [-0.2, -0.15) is 8.78 Å². The van der Waals surface area contributed by atoms with Gasteiger partial charge in [-0.1, -0.05) is 12.1 Å². The van der Waals surface area contributed by atoms with E-state index in [9.17, 15) is 13.6 Å². The lowest BCUT2D eigenvalue weighted by Crippen LogP contribution is -2.36. The summed E-state index contributed by atoms with van der Waals surface area (Å²) < 4.78 is 34.2. The van der Waals surface area contributed by atoms with Crippen LogP contribution in [0.1, 0.15) is 37.9 Å². The summed E-state index contributed by atoms with van der Waals surface area (Å²) in [5.74, 6) is 0.0696. The van der Waals surface area contributed by atoms with Gasteiger partial charge in [0.2, 0.25) is 0 Å². The molecular weight excluding hydrogens is 294 g/mol. The molecule has 0 aliphatic heterocycles. The van der Waals surface area contributed by atoms with Gasteiger partial charge < -0.3 is 20.5 Å². The summed E-state index contributed by atoms with van der Waals surface area (Å²) >= 11 is 0. The van der Waals surface area contributed by atoms with E-state index in [0.717, 1.165) is 0 Å². The molecule has 0 fully saturated rings. The van der Waals surface area contributed by atoms with E-state index in [4.69, 9.17) is 10.5 Å². The fourth-order valence-electron chi connectivity index (χ4n) is 1.70. The number of hydrogen-bond acceptors (Lipinski definition) is 4. The molecule has 1 rings (SSSR count). The second-order valence-corrected chi connectivity index (χ2v) is 5.89. The Morgan fingerprint density at radius 3 is 2.55 bits per heavy atom. The molecule has 0 aromatic heterocycles. The molecule has 1 unspecified atom stereocenters. The minimum atomic E-state index is -2.90. The predicted molar refractivity (Wildman–Crippen MR) is 79.0 cm³/mol. The third-order valence-corrected chi connectivity index (χ3v) is 2.72. The third-order valence-electron chi connectivity index (χ3n) is 2.72. The number of carbonyl (C=O) groups excluding carboxylic acids is 1. The summed E-state index contributed by atoms with van der Waals surface area (Å²) in [6, 6.07) is 4.23. The molecule has 1 atom stereocenters. The van der Waals surface area contributed by atoms with Gasteiger partial charge in [0.1, 0.15) is 11.4 Å². The fourth-order valence-corrected chi connectivity index (χ4v) is 1.70. The lowest BCUT2D eigenvalue weighted by Gasteiger charge is -2.21. The van der Waals surface area contributed by atoms with Crippen molar-refractivity contribution in [3.63, 3.8) is 0 Å². The number of nitrogens with one attached hydrogen (secondary N) is 1. The molecule has 22 heavy (non-hydrogen) atoms.